The summed E-state index contributed by atoms with van der Waals surface area (Å²) in [6, 6.07) is 22.3. The van der Waals surface area contributed by atoms with E-state index in [1.54, 1.807) is 48.8 Å². The molecule has 0 unspecified atom stereocenters. The van der Waals surface area contributed by atoms with Crippen molar-refractivity contribution in [1.82, 2.24) is 47.2 Å². The number of amides is 8. The second kappa shape index (κ2) is 28.6. The van der Waals surface area contributed by atoms with Crippen LogP contribution in [0.15, 0.2) is 122 Å². The van der Waals surface area contributed by atoms with Gasteiger partial charge in [-0.1, -0.05) is 90.5 Å². The molecule has 2 aromatic heterocycles. The second-order valence-electron chi connectivity index (χ2n) is 19.9. The van der Waals surface area contributed by atoms with E-state index in [-0.39, 0.29) is 63.0 Å². The third kappa shape index (κ3) is 16.5. The van der Waals surface area contributed by atoms with Gasteiger partial charge in [-0.2, -0.15) is 25.3 Å². The van der Waals surface area contributed by atoms with Crippen molar-refractivity contribution >= 4 is 106 Å². The maximum absolute atomic E-state index is 14.6. The third-order valence-electron chi connectivity index (χ3n) is 13.9. The highest BCUT2D eigenvalue weighted by Crippen LogP contribution is 2.36. The standard InChI is InChI=1S/C57H67ClN12O8S2/c58-39-18-15-33(16-19-39)25-41(60)50(72)65-45(27-35-8-7-23-62-29-35)52(74)67-47(31-79)54(76)66-46(28-38-30-63-42-12-4-3-11-40(38)42)53(75)64-43(13-5-6-22-59)51(73)68-48(32-80)55(77)70-57(20-21-57)56(78)69-44(49(61)71)26-34-14-17-36-9-1-2-10-37(36)24-34/h1-4,7-12,14-19,23-24,29-30,41,43-48,63,79-80H,5-6,13,20-22,25-28,31-32,59-60H2,(H2,61,71)(H,64,75)(H,65,72)(H,66,76)(H,67,74)(H,68,73)(H,69,78)(H,70,77)/t41-,43+,44+,45+,46-,47-,48-/m1/s1. The van der Waals surface area contributed by atoms with Crippen molar-refractivity contribution in [2.24, 2.45) is 17.2 Å². The number of nitrogens with one attached hydrogen (secondary N) is 8. The van der Waals surface area contributed by atoms with Crippen LogP contribution in [0.3, 0.4) is 0 Å². The summed E-state index contributed by atoms with van der Waals surface area (Å²) in [6.07, 6.45) is 6.39. The lowest BCUT2D eigenvalue weighted by atomic mass is 10.0. The van der Waals surface area contributed by atoms with Crippen LogP contribution in [0.2, 0.25) is 5.02 Å². The van der Waals surface area contributed by atoms with E-state index in [1.807, 2.05) is 66.7 Å². The lowest BCUT2D eigenvalue weighted by Gasteiger charge is -2.27. The van der Waals surface area contributed by atoms with Gasteiger partial charge in [0.05, 0.1) is 6.04 Å². The molecule has 1 aliphatic carbocycles. The van der Waals surface area contributed by atoms with Crippen molar-refractivity contribution in [2.45, 2.75) is 106 Å². The van der Waals surface area contributed by atoms with Crippen molar-refractivity contribution < 1.29 is 38.4 Å². The fourth-order valence-electron chi connectivity index (χ4n) is 9.16. The Morgan fingerprint density at radius 2 is 1.19 bits per heavy atom. The molecule has 0 radical (unpaired) electrons. The Hall–Kier alpha value is -7.50. The number of pyridine rings is 1. The molecule has 0 bridgehead atoms. The Balaban J connectivity index is 1.04. The van der Waals surface area contributed by atoms with Gasteiger partial charge in [0.15, 0.2) is 0 Å². The summed E-state index contributed by atoms with van der Waals surface area (Å²) in [5.74, 6) is -6.25. The molecule has 7 rings (SSSR count). The van der Waals surface area contributed by atoms with Crippen LogP contribution >= 0.6 is 36.9 Å². The number of para-hydroxylation sites is 1. The van der Waals surface area contributed by atoms with E-state index in [2.05, 4.69) is 72.4 Å². The van der Waals surface area contributed by atoms with E-state index >= 15 is 0 Å². The number of carbonyl (C=O) groups is 8. The van der Waals surface area contributed by atoms with Crippen LogP contribution in [0.5, 0.6) is 0 Å². The molecule has 0 aliphatic heterocycles. The number of hydrogen-bond donors (Lipinski definition) is 13. The molecule has 80 heavy (non-hydrogen) atoms. The third-order valence-corrected chi connectivity index (χ3v) is 14.9. The van der Waals surface area contributed by atoms with Gasteiger partial charge in [0.2, 0.25) is 47.3 Å². The number of carbonyl (C=O) groups excluding carboxylic acids is 8. The lowest BCUT2D eigenvalue weighted by molar-refractivity contribution is -0.135. The van der Waals surface area contributed by atoms with Crippen molar-refractivity contribution in [3.63, 3.8) is 0 Å². The Morgan fingerprint density at radius 3 is 1.85 bits per heavy atom. The van der Waals surface area contributed by atoms with Crippen molar-refractivity contribution in [1.29, 1.82) is 0 Å². The number of primary amides is 1. The summed E-state index contributed by atoms with van der Waals surface area (Å²) in [5.41, 5.74) is 20.0. The van der Waals surface area contributed by atoms with Gasteiger partial charge in [0.1, 0.15) is 41.8 Å². The number of aromatic nitrogens is 2. The molecular formula is C57H67ClN12O8S2. The molecule has 6 aromatic rings. The Bertz CT molecular complexity index is 3160. The van der Waals surface area contributed by atoms with Gasteiger partial charge in [0.25, 0.3) is 0 Å². The van der Waals surface area contributed by atoms with E-state index in [1.165, 1.54) is 6.20 Å². The van der Waals surface area contributed by atoms with Gasteiger partial charge in [-0.05, 0) is 102 Å². The van der Waals surface area contributed by atoms with E-state index in [4.69, 9.17) is 28.8 Å². The number of H-pyrrole nitrogens is 1. The van der Waals surface area contributed by atoms with Crippen LogP contribution in [0.1, 0.15) is 54.4 Å². The molecule has 0 spiro atoms. The van der Waals surface area contributed by atoms with Gasteiger partial charge >= 0.3 is 0 Å². The minimum Gasteiger partial charge on any atom is -0.368 e. The molecule has 23 heteroatoms. The summed E-state index contributed by atoms with van der Waals surface area (Å²) < 4.78 is 0. The maximum atomic E-state index is 14.6. The fraction of sp³-hybridized carbons (Fsp3) is 0.351. The van der Waals surface area contributed by atoms with Crippen LogP contribution in [0.4, 0.5) is 0 Å². The Kier molecular flexibility index (Phi) is 21.5. The molecule has 422 valence electrons. The minimum absolute atomic E-state index is 0.0180. The topological polar surface area (TPSA) is 328 Å². The molecule has 14 N–H and O–H groups in total. The van der Waals surface area contributed by atoms with E-state index in [0.717, 1.165) is 32.8 Å². The number of unbranched alkanes of at least 4 members (excludes halogenated alkanes) is 1. The highest BCUT2D eigenvalue weighted by molar-refractivity contribution is 7.80. The zero-order valence-corrected chi connectivity index (χ0v) is 46.3. The smallest absolute Gasteiger partial charge is 0.246 e. The van der Waals surface area contributed by atoms with Crippen molar-refractivity contribution in [2.75, 3.05) is 18.1 Å². The largest absolute Gasteiger partial charge is 0.368 e. The van der Waals surface area contributed by atoms with Crippen LogP contribution in [-0.2, 0) is 64.0 Å². The number of benzene rings is 4. The number of nitrogens with zero attached hydrogens (tertiary/aromatic N) is 1. The van der Waals surface area contributed by atoms with Gasteiger partial charge in [-0.25, -0.2) is 0 Å². The first kappa shape index (κ1) is 60.1. The maximum Gasteiger partial charge on any atom is 0.246 e. The van der Waals surface area contributed by atoms with Crippen LogP contribution in [-0.4, -0.2) is 123 Å². The molecule has 4 aromatic carbocycles. The fourth-order valence-corrected chi connectivity index (χ4v) is 9.80. The monoisotopic (exact) mass is 1150 g/mol. The summed E-state index contributed by atoms with van der Waals surface area (Å²) in [7, 11) is 0. The molecule has 1 saturated carbocycles. The molecule has 8 amide bonds. The number of fused-ring (bicyclic) bond motifs is 2. The number of hydrogen-bond acceptors (Lipinski definition) is 13. The number of nitrogens with two attached hydrogens (primary N) is 3. The van der Waals surface area contributed by atoms with Gasteiger partial charge < -0.3 is 59.4 Å². The Labute approximate surface area is 478 Å². The normalized spacial score (nSPS) is 15.2. The summed E-state index contributed by atoms with van der Waals surface area (Å²) in [6.45, 7) is 0.284. The zero-order valence-electron chi connectivity index (χ0n) is 43.8. The predicted molar refractivity (Wildman–Crippen MR) is 312 cm³/mol. The van der Waals surface area contributed by atoms with Crippen LogP contribution < -0.4 is 54.4 Å². The average Bonchev–Trinajstić information content (AvgIpc) is 4.16. The van der Waals surface area contributed by atoms with Gasteiger partial charge in [-0.3, -0.25) is 43.3 Å². The highest BCUT2D eigenvalue weighted by atomic mass is 35.5. The molecule has 0 saturated heterocycles. The quantitative estimate of drug-likeness (QED) is 0.0238. The molecule has 2 heterocycles. The number of halogens is 1. The van der Waals surface area contributed by atoms with E-state index in [9.17, 15) is 38.4 Å². The average molecular weight is 1150 g/mol. The molecule has 1 aliphatic rings. The number of rotatable bonds is 29. The van der Waals surface area contributed by atoms with E-state index in [0.29, 0.717) is 29.0 Å². The summed E-state index contributed by atoms with van der Waals surface area (Å²) >= 11 is 14.8. The van der Waals surface area contributed by atoms with Crippen molar-refractivity contribution in [3.05, 3.63) is 149 Å². The molecule has 20 nitrogen and oxygen atoms in total. The van der Waals surface area contributed by atoms with Gasteiger partial charge in [-0.15, -0.1) is 0 Å². The molecule has 1 fully saturated rings. The first-order valence-corrected chi connectivity index (χ1v) is 27.9. The van der Waals surface area contributed by atoms with Crippen molar-refractivity contribution in [3.8, 4) is 0 Å². The first-order chi connectivity index (χ1) is 38.5. The minimum atomic E-state index is -1.38. The zero-order chi connectivity index (χ0) is 57.3. The molecular weight excluding hydrogens is 1080 g/mol. The Morgan fingerprint density at radius 1 is 0.600 bits per heavy atom. The number of aromatic amines is 1. The summed E-state index contributed by atoms with van der Waals surface area (Å²) in [5, 5.41) is 22.3. The van der Waals surface area contributed by atoms with Crippen LogP contribution in [0, 0.1) is 0 Å². The SMILES string of the molecule is NCCCC[C@H](NC(=O)[C@@H](Cc1c[nH]c2ccccc12)NC(=O)[C@@H](CS)NC(=O)[C@H](Cc1cccnc1)NC(=O)[C@H](N)Cc1ccc(Cl)cc1)C(=O)N[C@H](CS)C(=O)NC1(C(=O)N[C@@H](Cc2ccc3ccccc3c2)C(N)=O)CC1. The second-order valence-corrected chi connectivity index (χ2v) is 21.1. The number of thiol groups is 2. The highest BCUT2D eigenvalue weighted by Gasteiger charge is 2.52. The lowest BCUT2D eigenvalue weighted by Crippen LogP contribution is -2.61. The van der Waals surface area contributed by atoms with E-state index < -0.39 is 95.1 Å². The van der Waals surface area contributed by atoms with Gasteiger partial charge in [0, 0.05) is 65.3 Å². The van der Waals surface area contributed by atoms with Crippen LogP contribution in [0.25, 0.3) is 21.7 Å². The predicted octanol–water partition coefficient (Wildman–Crippen LogP) is 2.00. The summed E-state index contributed by atoms with van der Waals surface area (Å²) in [4.78, 5) is 119. The molecule has 7 atom stereocenters. The first-order valence-electron chi connectivity index (χ1n) is 26.3.